The topological polar surface area (TPSA) is 33.1 Å². The normalized spacial score (nSPS) is 13.2. The highest BCUT2D eigenvalue weighted by Gasteiger charge is 2.00. The summed E-state index contributed by atoms with van der Waals surface area (Å²) >= 11 is 3.39. The summed E-state index contributed by atoms with van der Waals surface area (Å²) in [6.45, 7) is 3.81. The lowest BCUT2D eigenvalue weighted by Crippen LogP contribution is -1.99. The molecule has 0 fully saturated rings. The molecule has 4 heteroatoms. The van der Waals surface area contributed by atoms with Gasteiger partial charge in [0.05, 0.1) is 6.10 Å². The van der Waals surface area contributed by atoms with E-state index in [0.717, 1.165) is 22.2 Å². The van der Waals surface area contributed by atoms with Crippen LogP contribution in [0.3, 0.4) is 0 Å². The zero-order chi connectivity index (χ0) is 8.97. The van der Waals surface area contributed by atoms with Gasteiger partial charge in [-0.3, -0.25) is 0 Å². The van der Waals surface area contributed by atoms with Crippen LogP contribution in [0.2, 0.25) is 0 Å². The highest BCUT2D eigenvalue weighted by molar-refractivity contribution is 8.00. The minimum absolute atomic E-state index is 0.196. The van der Waals surface area contributed by atoms with Crippen molar-refractivity contribution in [2.45, 2.75) is 30.7 Å². The molecule has 1 rings (SSSR count). The van der Waals surface area contributed by atoms with Gasteiger partial charge in [0.1, 0.15) is 4.34 Å². The van der Waals surface area contributed by atoms with Crippen molar-refractivity contribution in [3.05, 3.63) is 11.1 Å². The maximum Gasteiger partial charge on any atom is 0.150 e. The molecule has 1 heterocycles. The third-order valence-electron chi connectivity index (χ3n) is 1.36. The molecule has 0 aliphatic heterocycles. The average Bonchev–Trinajstić information content (AvgIpc) is 2.35. The molecule has 0 aromatic carbocycles. The largest absolute Gasteiger partial charge is 0.393 e. The lowest BCUT2D eigenvalue weighted by atomic mass is 10.3. The van der Waals surface area contributed by atoms with Gasteiger partial charge in [0.15, 0.2) is 0 Å². The van der Waals surface area contributed by atoms with Crippen LogP contribution in [0.25, 0.3) is 0 Å². The van der Waals surface area contributed by atoms with E-state index in [1.807, 2.05) is 19.2 Å². The number of thioether (sulfide) groups is 1. The van der Waals surface area contributed by atoms with Gasteiger partial charge >= 0.3 is 0 Å². The Morgan fingerprint density at radius 1 is 1.75 bits per heavy atom. The van der Waals surface area contributed by atoms with E-state index in [1.54, 1.807) is 23.1 Å². The Morgan fingerprint density at radius 3 is 3.00 bits per heavy atom. The first-order chi connectivity index (χ1) is 5.68. The summed E-state index contributed by atoms with van der Waals surface area (Å²) in [5.41, 5.74) is 1.08. The third kappa shape index (κ3) is 3.56. The maximum atomic E-state index is 9.01. The second-order valence-electron chi connectivity index (χ2n) is 2.74. The van der Waals surface area contributed by atoms with Gasteiger partial charge in [0.25, 0.3) is 0 Å². The molecular weight excluding hydrogens is 190 g/mol. The SMILES string of the molecule is Cc1csc(SCCC(C)O)n1. The van der Waals surface area contributed by atoms with E-state index in [4.69, 9.17) is 5.11 Å². The van der Waals surface area contributed by atoms with Crippen molar-refractivity contribution in [3.8, 4) is 0 Å². The highest BCUT2D eigenvalue weighted by Crippen LogP contribution is 2.22. The van der Waals surface area contributed by atoms with Gasteiger partial charge in [-0.25, -0.2) is 4.98 Å². The number of aryl methyl sites for hydroxylation is 1. The van der Waals surface area contributed by atoms with Crippen molar-refractivity contribution in [2.24, 2.45) is 0 Å². The number of aliphatic hydroxyl groups excluding tert-OH is 1. The van der Waals surface area contributed by atoms with Crippen molar-refractivity contribution in [3.63, 3.8) is 0 Å². The molecule has 0 saturated heterocycles. The van der Waals surface area contributed by atoms with Crippen LogP contribution < -0.4 is 0 Å². The lowest BCUT2D eigenvalue weighted by Gasteiger charge is -2.00. The van der Waals surface area contributed by atoms with Crippen LogP contribution in [-0.2, 0) is 0 Å². The Kier molecular flexibility index (Phi) is 4.05. The van der Waals surface area contributed by atoms with E-state index in [1.165, 1.54) is 0 Å². The van der Waals surface area contributed by atoms with Crippen molar-refractivity contribution in [1.29, 1.82) is 0 Å². The maximum absolute atomic E-state index is 9.01. The number of aromatic nitrogens is 1. The number of hydrogen-bond acceptors (Lipinski definition) is 4. The van der Waals surface area contributed by atoms with Gasteiger partial charge < -0.3 is 5.11 Å². The molecule has 2 nitrogen and oxygen atoms in total. The third-order valence-corrected chi connectivity index (χ3v) is 3.53. The molecular formula is C8H13NOS2. The number of rotatable bonds is 4. The summed E-state index contributed by atoms with van der Waals surface area (Å²) in [6, 6.07) is 0. The highest BCUT2D eigenvalue weighted by atomic mass is 32.2. The summed E-state index contributed by atoms with van der Waals surface area (Å²) in [6.07, 6.45) is 0.641. The van der Waals surface area contributed by atoms with E-state index in [2.05, 4.69) is 4.98 Å². The molecule has 0 aliphatic carbocycles. The number of aliphatic hydroxyl groups is 1. The molecule has 0 bridgehead atoms. The second kappa shape index (κ2) is 4.84. The molecule has 0 aliphatic rings. The van der Waals surface area contributed by atoms with E-state index in [9.17, 15) is 0 Å². The van der Waals surface area contributed by atoms with Gasteiger partial charge in [-0.15, -0.1) is 11.3 Å². The van der Waals surface area contributed by atoms with Crippen LogP contribution in [0.4, 0.5) is 0 Å². The summed E-state index contributed by atoms with van der Waals surface area (Å²) in [4.78, 5) is 4.31. The predicted molar refractivity (Wildman–Crippen MR) is 53.9 cm³/mol. The van der Waals surface area contributed by atoms with E-state index >= 15 is 0 Å². The molecule has 1 aromatic heterocycles. The monoisotopic (exact) mass is 203 g/mol. The van der Waals surface area contributed by atoms with Crippen molar-refractivity contribution < 1.29 is 5.11 Å². The first-order valence-corrected chi connectivity index (χ1v) is 5.78. The Labute approximate surface area is 81.0 Å². The average molecular weight is 203 g/mol. The molecule has 1 unspecified atom stereocenters. The van der Waals surface area contributed by atoms with Crippen molar-refractivity contribution >= 4 is 23.1 Å². The minimum atomic E-state index is -0.196. The molecule has 1 atom stereocenters. The van der Waals surface area contributed by atoms with E-state index in [0.29, 0.717) is 0 Å². The molecule has 68 valence electrons. The van der Waals surface area contributed by atoms with Gasteiger partial charge in [0.2, 0.25) is 0 Å². The Morgan fingerprint density at radius 2 is 2.50 bits per heavy atom. The molecule has 1 N–H and O–H groups in total. The smallest absolute Gasteiger partial charge is 0.150 e. The molecule has 0 spiro atoms. The Balaban J connectivity index is 2.24. The summed E-state index contributed by atoms with van der Waals surface area (Å²) in [5.74, 6) is 0.949. The fourth-order valence-electron chi connectivity index (χ4n) is 0.715. The molecule has 1 aromatic rings. The van der Waals surface area contributed by atoms with E-state index in [-0.39, 0.29) is 6.10 Å². The summed E-state index contributed by atoms with van der Waals surface area (Å²) in [5, 5.41) is 11.1. The fourth-order valence-corrected chi connectivity index (χ4v) is 2.74. The van der Waals surface area contributed by atoms with Gasteiger partial charge in [-0.05, 0) is 20.3 Å². The fraction of sp³-hybridized carbons (Fsp3) is 0.625. The van der Waals surface area contributed by atoms with Crippen molar-refractivity contribution in [2.75, 3.05) is 5.75 Å². The molecule has 0 amide bonds. The Bertz CT molecular complexity index is 235. The van der Waals surface area contributed by atoms with Gasteiger partial charge in [0, 0.05) is 16.8 Å². The summed E-state index contributed by atoms with van der Waals surface area (Å²) < 4.78 is 1.10. The molecule has 12 heavy (non-hydrogen) atoms. The van der Waals surface area contributed by atoms with Gasteiger partial charge in [-0.2, -0.15) is 0 Å². The van der Waals surface area contributed by atoms with Crippen LogP contribution in [-0.4, -0.2) is 21.9 Å². The lowest BCUT2D eigenvalue weighted by molar-refractivity contribution is 0.192. The van der Waals surface area contributed by atoms with E-state index < -0.39 is 0 Å². The van der Waals surface area contributed by atoms with Crippen LogP contribution >= 0.6 is 23.1 Å². The standard InChI is InChI=1S/C8H13NOS2/c1-6-5-12-8(9-6)11-4-3-7(2)10/h5,7,10H,3-4H2,1-2H3. The van der Waals surface area contributed by atoms with Crippen LogP contribution in [0.5, 0.6) is 0 Å². The number of nitrogens with zero attached hydrogens (tertiary/aromatic N) is 1. The van der Waals surface area contributed by atoms with Crippen LogP contribution in [0.15, 0.2) is 9.72 Å². The summed E-state index contributed by atoms with van der Waals surface area (Å²) in [7, 11) is 0. The van der Waals surface area contributed by atoms with Crippen LogP contribution in [0, 0.1) is 6.92 Å². The quantitative estimate of drug-likeness (QED) is 0.762. The Hall–Kier alpha value is -0.0600. The minimum Gasteiger partial charge on any atom is -0.393 e. The zero-order valence-corrected chi connectivity index (χ0v) is 8.91. The molecule has 0 saturated carbocycles. The molecule has 0 radical (unpaired) electrons. The number of thiazole rings is 1. The second-order valence-corrected chi connectivity index (χ2v) is 4.94. The van der Waals surface area contributed by atoms with Crippen LogP contribution in [0.1, 0.15) is 19.0 Å². The zero-order valence-electron chi connectivity index (χ0n) is 7.28. The van der Waals surface area contributed by atoms with Gasteiger partial charge in [-0.1, -0.05) is 11.8 Å². The predicted octanol–water partition coefficient (Wildman–Crippen LogP) is 2.31. The van der Waals surface area contributed by atoms with Crippen molar-refractivity contribution in [1.82, 2.24) is 4.98 Å². The first kappa shape index (κ1) is 10.0. The number of hydrogen-bond donors (Lipinski definition) is 1. The first-order valence-electron chi connectivity index (χ1n) is 3.91.